The molecule has 1 N–H and O–H groups in total. The molecule has 1 rings (SSSR count). The third-order valence-electron chi connectivity index (χ3n) is 1.92. The highest BCUT2D eigenvalue weighted by Crippen LogP contribution is 2.16. The molecule has 0 fully saturated rings. The summed E-state index contributed by atoms with van der Waals surface area (Å²) in [5, 5.41) is 8.59. The van der Waals surface area contributed by atoms with E-state index in [1.165, 1.54) is 0 Å². The molecule has 13 heavy (non-hydrogen) atoms. The average Bonchev–Trinajstić information content (AvgIpc) is 2.03. The maximum Gasteiger partial charge on any atom is 0.304 e. The van der Waals surface area contributed by atoms with Gasteiger partial charge in [0.15, 0.2) is 0 Å². The van der Waals surface area contributed by atoms with E-state index >= 15 is 0 Å². The highest BCUT2D eigenvalue weighted by molar-refractivity contribution is 5.67. The molecule has 0 radical (unpaired) electrons. The molecule has 0 aliphatic carbocycles. The number of aromatic nitrogens is 1. The SMILES string of the molecule is Cc1ccnc(C(C)CC(=O)O)c1. The lowest BCUT2D eigenvalue weighted by Crippen LogP contribution is -2.04. The molecule has 1 aromatic heterocycles. The second-order valence-corrected chi connectivity index (χ2v) is 3.26. The summed E-state index contributed by atoms with van der Waals surface area (Å²) in [5.41, 5.74) is 1.96. The van der Waals surface area contributed by atoms with Crippen LogP contribution in [-0.2, 0) is 4.79 Å². The molecule has 0 saturated carbocycles. The minimum Gasteiger partial charge on any atom is -0.481 e. The van der Waals surface area contributed by atoms with E-state index in [1.54, 1.807) is 6.20 Å². The fourth-order valence-electron chi connectivity index (χ4n) is 1.20. The van der Waals surface area contributed by atoms with Gasteiger partial charge in [-0.2, -0.15) is 0 Å². The van der Waals surface area contributed by atoms with Crippen LogP contribution in [0.3, 0.4) is 0 Å². The van der Waals surface area contributed by atoms with Gasteiger partial charge in [0, 0.05) is 17.8 Å². The second kappa shape index (κ2) is 4.03. The van der Waals surface area contributed by atoms with E-state index in [9.17, 15) is 4.79 Å². The highest BCUT2D eigenvalue weighted by Gasteiger charge is 2.10. The van der Waals surface area contributed by atoms with E-state index in [2.05, 4.69) is 4.98 Å². The molecule has 1 aromatic rings. The minimum atomic E-state index is -0.782. The Balaban J connectivity index is 2.76. The molecular weight excluding hydrogens is 166 g/mol. The molecule has 0 aromatic carbocycles. The van der Waals surface area contributed by atoms with Crippen molar-refractivity contribution in [2.24, 2.45) is 0 Å². The van der Waals surface area contributed by atoms with Crippen molar-refractivity contribution in [1.82, 2.24) is 4.98 Å². The summed E-state index contributed by atoms with van der Waals surface area (Å²) in [5.74, 6) is -0.798. The first kappa shape index (κ1) is 9.71. The van der Waals surface area contributed by atoms with Crippen LogP contribution in [0.25, 0.3) is 0 Å². The number of carbonyl (C=O) groups is 1. The van der Waals surface area contributed by atoms with Crippen molar-refractivity contribution in [3.05, 3.63) is 29.6 Å². The van der Waals surface area contributed by atoms with E-state index < -0.39 is 5.97 Å². The van der Waals surface area contributed by atoms with E-state index in [4.69, 9.17) is 5.11 Å². The van der Waals surface area contributed by atoms with Crippen molar-refractivity contribution >= 4 is 5.97 Å². The van der Waals surface area contributed by atoms with Crippen LogP contribution < -0.4 is 0 Å². The minimum absolute atomic E-state index is 0.0163. The van der Waals surface area contributed by atoms with Crippen LogP contribution in [0.2, 0.25) is 0 Å². The zero-order valence-corrected chi connectivity index (χ0v) is 7.82. The first-order valence-corrected chi connectivity index (χ1v) is 4.24. The predicted molar refractivity (Wildman–Crippen MR) is 49.6 cm³/mol. The number of pyridine rings is 1. The Morgan fingerprint density at radius 3 is 2.92 bits per heavy atom. The van der Waals surface area contributed by atoms with Crippen molar-refractivity contribution in [2.75, 3.05) is 0 Å². The summed E-state index contributed by atoms with van der Waals surface area (Å²) in [6, 6.07) is 3.82. The Kier molecular flexibility index (Phi) is 3.01. The van der Waals surface area contributed by atoms with Crippen molar-refractivity contribution in [1.29, 1.82) is 0 Å². The van der Waals surface area contributed by atoms with E-state index in [-0.39, 0.29) is 12.3 Å². The zero-order valence-electron chi connectivity index (χ0n) is 7.82. The van der Waals surface area contributed by atoms with E-state index in [0.717, 1.165) is 11.3 Å². The van der Waals surface area contributed by atoms with Crippen LogP contribution in [0.15, 0.2) is 18.3 Å². The average molecular weight is 179 g/mol. The quantitative estimate of drug-likeness (QED) is 0.771. The standard InChI is InChI=1S/C10H13NO2/c1-7-3-4-11-9(5-7)8(2)6-10(12)13/h3-5,8H,6H2,1-2H3,(H,12,13). The Morgan fingerprint density at radius 1 is 1.69 bits per heavy atom. The number of carboxylic acid groups (broad SMARTS) is 1. The van der Waals surface area contributed by atoms with Gasteiger partial charge in [0.2, 0.25) is 0 Å². The second-order valence-electron chi connectivity index (χ2n) is 3.26. The van der Waals surface area contributed by atoms with Crippen molar-refractivity contribution in [2.45, 2.75) is 26.2 Å². The number of nitrogens with zero attached hydrogens (tertiary/aromatic N) is 1. The van der Waals surface area contributed by atoms with Gasteiger partial charge in [-0.25, -0.2) is 0 Å². The van der Waals surface area contributed by atoms with Crippen LogP contribution in [0, 0.1) is 6.92 Å². The van der Waals surface area contributed by atoms with Gasteiger partial charge in [0.1, 0.15) is 0 Å². The number of aryl methyl sites for hydroxylation is 1. The van der Waals surface area contributed by atoms with Gasteiger partial charge >= 0.3 is 5.97 Å². The maximum atomic E-state index is 10.4. The molecule has 0 bridgehead atoms. The Bertz CT molecular complexity index is 310. The Hall–Kier alpha value is -1.38. The topological polar surface area (TPSA) is 50.2 Å². The summed E-state index contributed by atoms with van der Waals surface area (Å²) < 4.78 is 0. The van der Waals surface area contributed by atoms with Crippen LogP contribution >= 0.6 is 0 Å². The Morgan fingerprint density at radius 2 is 2.38 bits per heavy atom. The normalized spacial score (nSPS) is 12.5. The molecule has 0 aliphatic rings. The third-order valence-corrected chi connectivity index (χ3v) is 1.92. The third kappa shape index (κ3) is 2.86. The fourth-order valence-corrected chi connectivity index (χ4v) is 1.20. The molecule has 3 nitrogen and oxygen atoms in total. The molecule has 0 aliphatic heterocycles. The number of carboxylic acids is 1. The van der Waals surface area contributed by atoms with Crippen molar-refractivity contribution in [3.8, 4) is 0 Å². The monoisotopic (exact) mass is 179 g/mol. The lowest BCUT2D eigenvalue weighted by molar-refractivity contribution is -0.137. The summed E-state index contributed by atoms with van der Waals surface area (Å²) in [6.07, 6.45) is 1.85. The highest BCUT2D eigenvalue weighted by atomic mass is 16.4. The number of rotatable bonds is 3. The largest absolute Gasteiger partial charge is 0.481 e. The predicted octanol–water partition coefficient (Wildman–Crippen LogP) is 1.97. The van der Waals surface area contributed by atoms with Gasteiger partial charge < -0.3 is 5.11 Å². The maximum absolute atomic E-state index is 10.4. The summed E-state index contributed by atoms with van der Waals surface area (Å²) >= 11 is 0. The van der Waals surface area contributed by atoms with Crippen LogP contribution in [0.4, 0.5) is 0 Å². The summed E-state index contributed by atoms with van der Waals surface area (Å²) in [6.45, 7) is 3.84. The molecule has 0 saturated heterocycles. The Labute approximate surface area is 77.4 Å². The lowest BCUT2D eigenvalue weighted by Gasteiger charge is -2.07. The zero-order chi connectivity index (χ0) is 9.84. The van der Waals surface area contributed by atoms with Crippen LogP contribution in [-0.4, -0.2) is 16.1 Å². The molecular formula is C10H13NO2. The van der Waals surface area contributed by atoms with Gasteiger partial charge in [0.25, 0.3) is 0 Å². The van der Waals surface area contributed by atoms with E-state index in [1.807, 2.05) is 26.0 Å². The molecule has 70 valence electrons. The number of hydrogen-bond acceptors (Lipinski definition) is 2. The molecule has 1 unspecified atom stereocenters. The fraction of sp³-hybridized carbons (Fsp3) is 0.400. The summed E-state index contributed by atoms with van der Waals surface area (Å²) in [7, 11) is 0. The lowest BCUT2D eigenvalue weighted by atomic mass is 10.0. The first-order chi connectivity index (χ1) is 6.09. The molecule has 1 atom stereocenters. The van der Waals surface area contributed by atoms with Gasteiger partial charge in [-0.05, 0) is 24.6 Å². The van der Waals surface area contributed by atoms with Gasteiger partial charge in [-0.1, -0.05) is 6.92 Å². The van der Waals surface area contributed by atoms with Crippen molar-refractivity contribution in [3.63, 3.8) is 0 Å². The van der Waals surface area contributed by atoms with Gasteiger partial charge in [0.05, 0.1) is 6.42 Å². The van der Waals surface area contributed by atoms with Gasteiger partial charge in [-0.15, -0.1) is 0 Å². The number of aliphatic carboxylic acids is 1. The first-order valence-electron chi connectivity index (χ1n) is 4.24. The van der Waals surface area contributed by atoms with Crippen LogP contribution in [0.1, 0.15) is 30.5 Å². The van der Waals surface area contributed by atoms with E-state index in [0.29, 0.717) is 0 Å². The van der Waals surface area contributed by atoms with Gasteiger partial charge in [-0.3, -0.25) is 9.78 Å². The smallest absolute Gasteiger partial charge is 0.304 e. The molecule has 3 heteroatoms. The molecule has 0 spiro atoms. The van der Waals surface area contributed by atoms with Crippen molar-refractivity contribution < 1.29 is 9.90 Å². The van der Waals surface area contributed by atoms with Crippen LogP contribution in [0.5, 0.6) is 0 Å². The number of hydrogen-bond donors (Lipinski definition) is 1. The molecule has 1 heterocycles. The summed E-state index contributed by atoms with van der Waals surface area (Å²) in [4.78, 5) is 14.6. The molecule has 0 amide bonds.